The molecular formula is C8H13NO2. The third-order valence-electron chi connectivity index (χ3n) is 1.88. The minimum Gasteiger partial charge on any atom is -0.379 e. The van der Waals surface area contributed by atoms with Crippen molar-refractivity contribution in [2.24, 2.45) is 11.7 Å². The van der Waals surface area contributed by atoms with Crippen molar-refractivity contribution in [1.29, 1.82) is 0 Å². The molecule has 0 aliphatic carbocycles. The highest BCUT2D eigenvalue weighted by Crippen LogP contribution is 2.15. The number of carbonyl (C=O) groups is 1. The quantitative estimate of drug-likeness (QED) is 0.576. The summed E-state index contributed by atoms with van der Waals surface area (Å²) in [6.07, 6.45) is 0. The van der Waals surface area contributed by atoms with Gasteiger partial charge in [-0.2, -0.15) is 0 Å². The first-order valence-corrected chi connectivity index (χ1v) is 3.66. The molecule has 2 unspecified atom stereocenters. The summed E-state index contributed by atoms with van der Waals surface area (Å²) in [4.78, 5) is 11.3. The maximum Gasteiger partial charge on any atom is 0.165 e. The first-order chi connectivity index (χ1) is 5.13. The summed E-state index contributed by atoms with van der Waals surface area (Å²) in [7, 11) is 0. The summed E-state index contributed by atoms with van der Waals surface area (Å²) < 4.78 is 5.05. The lowest BCUT2D eigenvalue weighted by atomic mass is 9.95. The predicted octanol–water partition coefficient (Wildman–Crippen LogP) is 0.105. The van der Waals surface area contributed by atoms with Crippen LogP contribution in [0.2, 0.25) is 0 Å². The molecule has 62 valence electrons. The molecule has 0 amide bonds. The zero-order valence-electron chi connectivity index (χ0n) is 6.67. The monoisotopic (exact) mass is 155 g/mol. The average Bonchev–Trinajstić information content (AvgIpc) is 2.33. The lowest BCUT2D eigenvalue weighted by molar-refractivity contribution is -0.119. The number of nitrogens with two attached hydrogens (primary N) is 1. The number of rotatable bonds is 2. The maximum absolute atomic E-state index is 11.3. The Morgan fingerprint density at radius 3 is 2.64 bits per heavy atom. The van der Waals surface area contributed by atoms with Crippen LogP contribution >= 0.6 is 0 Å². The summed E-state index contributed by atoms with van der Waals surface area (Å²) in [5, 5.41) is 0. The molecule has 2 atom stereocenters. The normalized spacial score (nSPS) is 30.4. The smallest absolute Gasteiger partial charge is 0.165 e. The molecule has 3 nitrogen and oxygen atoms in total. The van der Waals surface area contributed by atoms with E-state index in [9.17, 15) is 4.79 Å². The number of ketones is 1. The van der Waals surface area contributed by atoms with Crippen molar-refractivity contribution in [2.75, 3.05) is 13.2 Å². The third kappa shape index (κ3) is 1.67. The number of hydrogen-bond acceptors (Lipinski definition) is 3. The van der Waals surface area contributed by atoms with Gasteiger partial charge >= 0.3 is 0 Å². The van der Waals surface area contributed by atoms with E-state index >= 15 is 0 Å². The Morgan fingerprint density at radius 1 is 1.64 bits per heavy atom. The van der Waals surface area contributed by atoms with Crippen molar-refractivity contribution in [2.45, 2.75) is 13.0 Å². The summed E-state index contributed by atoms with van der Waals surface area (Å²) >= 11 is 0. The van der Waals surface area contributed by atoms with Gasteiger partial charge in [0.25, 0.3) is 0 Å². The van der Waals surface area contributed by atoms with Crippen LogP contribution in [-0.2, 0) is 9.53 Å². The topological polar surface area (TPSA) is 52.3 Å². The summed E-state index contributed by atoms with van der Waals surface area (Å²) in [5.41, 5.74) is 6.20. The first kappa shape index (κ1) is 8.43. The number of hydrogen-bond donors (Lipinski definition) is 1. The van der Waals surface area contributed by atoms with Gasteiger partial charge in [0.05, 0.1) is 19.1 Å². The molecular weight excluding hydrogens is 142 g/mol. The fourth-order valence-corrected chi connectivity index (χ4v) is 1.16. The summed E-state index contributed by atoms with van der Waals surface area (Å²) in [6.45, 7) is 6.22. The van der Waals surface area contributed by atoms with E-state index in [2.05, 4.69) is 6.58 Å². The van der Waals surface area contributed by atoms with E-state index < -0.39 is 0 Å². The van der Waals surface area contributed by atoms with E-state index in [1.54, 1.807) is 6.92 Å². The van der Waals surface area contributed by atoms with Gasteiger partial charge in [0.2, 0.25) is 0 Å². The van der Waals surface area contributed by atoms with Crippen molar-refractivity contribution < 1.29 is 9.53 Å². The molecule has 1 rings (SSSR count). The predicted molar refractivity (Wildman–Crippen MR) is 42.1 cm³/mol. The molecule has 0 bridgehead atoms. The standard InChI is InChI=1S/C8H13NO2/c1-5(2)8(10)6-3-11-4-7(6)9/h6-7H,1,3-4,9H2,2H3. The second kappa shape index (κ2) is 3.15. The molecule has 3 heteroatoms. The van der Waals surface area contributed by atoms with Crippen LogP contribution in [0.15, 0.2) is 12.2 Å². The first-order valence-electron chi connectivity index (χ1n) is 3.66. The molecule has 11 heavy (non-hydrogen) atoms. The molecule has 1 fully saturated rings. The number of carbonyl (C=O) groups excluding carboxylic acids is 1. The molecule has 0 aromatic rings. The second-order valence-corrected chi connectivity index (χ2v) is 2.95. The molecule has 0 radical (unpaired) electrons. The average molecular weight is 155 g/mol. The maximum atomic E-state index is 11.3. The van der Waals surface area contributed by atoms with Gasteiger partial charge in [0.15, 0.2) is 5.78 Å². The molecule has 1 heterocycles. The van der Waals surface area contributed by atoms with Crippen LogP contribution in [0.3, 0.4) is 0 Å². The van der Waals surface area contributed by atoms with Gasteiger partial charge in [-0.15, -0.1) is 0 Å². The zero-order valence-corrected chi connectivity index (χ0v) is 6.67. The van der Waals surface area contributed by atoms with Crippen LogP contribution in [0.25, 0.3) is 0 Å². The fourth-order valence-electron chi connectivity index (χ4n) is 1.16. The molecule has 0 saturated carbocycles. The molecule has 2 N–H and O–H groups in total. The molecule has 1 aliphatic heterocycles. The van der Waals surface area contributed by atoms with E-state index in [1.807, 2.05) is 0 Å². The van der Waals surface area contributed by atoms with Crippen LogP contribution < -0.4 is 5.73 Å². The Balaban J connectivity index is 2.60. The molecule has 0 aromatic heterocycles. The van der Waals surface area contributed by atoms with Gasteiger partial charge in [-0.3, -0.25) is 4.79 Å². The minimum atomic E-state index is -0.160. The van der Waals surface area contributed by atoms with Crippen LogP contribution in [0.1, 0.15) is 6.92 Å². The number of allylic oxidation sites excluding steroid dienone is 1. The zero-order chi connectivity index (χ0) is 8.43. The SMILES string of the molecule is C=C(C)C(=O)C1COCC1N. The molecule has 1 aliphatic rings. The van der Waals surface area contributed by atoms with Gasteiger partial charge in [-0.05, 0) is 12.5 Å². The van der Waals surface area contributed by atoms with E-state index in [0.29, 0.717) is 18.8 Å². The third-order valence-corrected chi connectivity index (χ3v) is 1.88. The van der Waals surface area contributed by atoms with Crippen molar-refractivity contribution >= 4 is 5.78 Å². The largest absolute Gasteiger partial charge is 0.379 e. The lowest BCUT2D eigenvalue weighted by Gasteiger charge is -2.10. The summed E-state index contributed by atoms with van der Waals surface area (Å²) in [6, 6.07) is -0.140. The highest BCUT2D eigenvalue weighted by Gasteiger charge is 2.30. The minimum absolute atomic E-state index is 0.0370. The Hall–Kier alpha value is -0.670. The van der Waals surface area contributed by atoms with Crippen LogP contribution in [-0.4, -0.2) is 25.0 Å². The number of ether oxygens (including phenoxy) is 1. The van der Waals surface area contributed by atoms with Crippen LogP contribution in [0.4, 0.5) is 0 Å². The lowest BCUT2D eigenvalue weighted by Crippen LogP contribution is -2.34. The van der Waals surface area contributed by atoms with Crippen molar-refractivity contribution in [1.82, 2.24) is 0 Å². The van der Waals surface area contributed by atoms with Gasteiger partial charge in [-0.1, -0.05) is 6.58 Å². The van der Waals surface area contributed by atoms with E-state index in [-0.39, 0.29) is 17.7 Å². The van der Waals surface area contributed by atoms with E-state index in [4.69, 9.17) is 10.5 Å². The molecule has 0 aromatic carbocycles. The molecule has 1 saturated heterocycles. The second-order valence-electron chi connectivity index (χ2n) is 2.95. The fraction of sp³-hybridized carbons (Fsp3) is 0.625. The van der Waals surface area contributed by atoms with Gasteiger partial charge in [0, 0.05) is 6.04 Å². The van der Waals surface area contributed by atoms with Gasteiger partial charge in [-0.25, -0.2) is 0 Å². The van der Waals surface area contributed by atoms with Crippen molar-refractivity contribution in [3.05, 3.63) is 12.2 Å². The van der Waals surface area contributed by atoms with Crippen molar-refractivity contribution in [3.8, 4) is 0 Å². The summed E-state index contributed by atoms with van der Waals surface area (Å²) in [5.74, 6) is -0.123. The van der Waals surface area contributed by atoms with Gasteiger partial charge in [0.1, 0.15) is 0 Å². The molecule has 0 spiro atoms. The highest BCUT2D eigenvalue weighted by molar-refractivity contribution is 5.96. The Morgan fingerprint density at radius 2 is 2.27 bits per heavy atom. The Labute approximate surface area is 66.2 Å². The Kier molecular flexibility index (Phi) is 2.42. The van der Waals surface area contributed by atoms with E-state index in [1.165, 1.54) is 0 Å². The Bertz CT molecular complexity index is 189. The van der Waals surface area contributed by atoms with Crippen LogP contribution in [0.5, 0.6) is 0 Å². The van der Waals surface area contributed by atoms with Crippen LogP contribution in [0, 0.1) is 5.92 Å². The highest BCUT2D eigenvalue weighted by atomic mass is 16.5. The number of Topliss-reactive ketones (excluding diaryl/α,β-unsaturated/α-hetero) is 1. The van der Waals surface area contributed by atoms with Gasteiger partial charge < -0.3 is 10.5 Å². The van der Waals surface area contributed by atoms with E-state index in [0.717, 1.165) is 0 Å². The van der Waals surface area contributed by atoms with Crippen molar-refractivity contribution in [3.63, 3.8) is 0 Å².